The normalized spacial score (nSPS) is 9.50. The van der Waals surface area contributed by atoms with E-state index in [4.69, 9.17) is 16.3 Å². The second-order valence-corrected chi connectivity index (χ2v) is 2.40. The Hall–Kier alpha value is -1.29. The monoisotopic (exact) mass is 186 g/mol. The van der Waals surface area contributed by atoms with Gasteiger partial charge in [0.25, 0.3) is 0 Å². The summed E-state index contributed by atoms with van der Waals surface area (Å²) in [6, 6.07) is 1.21. The van der Waals surface area contributed by atoms with Crippen LogP contribution in [0.5, 0.6) is 5.88 Å². The fourth-order valence-electron chi connectivity index (χ4n) is 0.688. The van der Waals surface area contributed by atoms with Gasteiger partial charge in [-0.15, -0.1) is 0 Å². The summed E-state index contributed by atoms with van der Waals surface area (Å²) in [5.41, 5.74) is -0.122. The van der Waals surface area contributed by atoms with Crippen LogP contribution in [0.1, 0.15) is 10.4 Å². The van der Waals surface area contributed by atoms with E-state index >= 15 is 0 Å². The molecule has 0 unspecified atom stereocenters. The quantitative estimate of drug-likeness (QED) is 0.658. The first-order valence-electron chi connectivity index (χ1n) is 3.06. The molecule has 0 bridgehead atoms. The molecule has 0 N–H and O–H groups in total. The van der Waals surface area contributed by atoms with E-state index < -0.39 is 5.97 Å². The van der Waals surface area contributed by atoms with E-state index in [2.05, 4.69) is 4.98 Å². The molecule has 0 saturated heterocycles. The Morgan fingerprint density at radius 2 is 2.42 bits per heavy atom. The maximum absolute atomic E-state index is 10.4. The molecular weight excluding hydrogens is 182 g/mol. The maximum atomic E-state index is 10.4. The fraction of sp³-hybridized carbons (Fsp3) is 0.143. The number of carbonyl (C=O) groups is 1. The first-order chi connectivity index (χ1) is 5.65. The minimum atomic E-state index is -1.35. The number of nitrogens with zero attached hydrogens (tertiary/aromatic N) is 1. The predicted molar refractivity (Wildman–Crippen MR) is 40.1 cm³/mol. The number of carboxylic acids is 1. The molecule has 1 rings (SSSR count). The van der Waals surface area contributed by atoms with Crippen LogP contribution in [0.2, 0.25) is 5.02 Å². The first kappa shape index (κ1) is 8.80. The number of pyridine rings is 1. The Bertz CT molecular complexity index is 314. The summed E-state index contributed by atoms with van der Waals surface area (Å²) in [6.45, 7) is 0. The number of rotatable bonds is 2. The average molecular weight is 187 g/mol. The number of methoxy groups -OCH3 is 1. The second kappa shape index (κ2) is 3.40. The van der Waals surface area contributed by atoms with Gasteiger partial charge in [0.05, 0.1) is 24.3 Å². The molecule has 0 atom stereocenters. The van der Waals surface area contributed by atoms with E-state index in [1.54, 1.807) is 0 Å². The van der Waals surface area contributed by atoms with E-state index in [0.29, 0.717) is 0 Å². The Kier molecular flexibility index (Phi) is 2.50. The highest BCUT2D eigenvalue weighted by Gasteiger charge is 2.03. The number of aromatic nitrogens is 1. The largest absolute Gasteiger partial charge is 0.545 e. The maximum Gasteiger partial charge on any atom is 0.213 e. The molecule has 0 amide bonds. The average Bonchev–Trinajstić information content (AvgIpc) is 2.05. The Labute approximate surface area is 73.8 Å². The number of aromatic carboxylic acids is 1. The summed E-state index contributed by atoms with van der Waals surface area (Å²) in [5, 5.41) is 10.4. The molecule has 5 heteroatoms. The van der Waals surface area contributed by atoms with Crippen molar-refractivity contribution >= 4 is 17.6 Å². The molecule has 1 aromatic rings. The Balaban J connectivity index is 3.17. The van der Waals surface area contributed by atoms with Crippen molar-refractivity contribution in [2.45, 2.75) is 0 Å². The SMILES string of the molecule is COc1cc(C(=O)[O-])c(Cl)cn1. The van der Waals surface area contributed by atoms with E-state index in [1.807, 2.05) is 0 Å². The predicted octanol–water partition coefficient (Wildman–Crippen LogP) is 0.107. The third kappa shape index (κ3) is 1.65. The molecule has 1 heterocycles. The van der Waals surface area contributed by atoms with Gasteiger partial charge in [-0.1, -0.05) is 11.6 Å². The molecule has 64 valence electrons. The molecule has 0 radical (unpaired) electrons. The molecule has 0 saturated carbocycles. The van der Waals surface area contributed by atoms with Crippen LogP contribution in [0, 0.1) is 0 Å². The molecule has 0 aliphatic heterocycles. The van der Waals surface area contributed by atoms with Gasteiger partial charge in [0, 0.05) is 11.6 Å². The molecule has 4 nitrogen and oxygen atoms in total. The zero-order valence-electron chi connectivity index (χ0n) is 6.20. The minimum Gasteiger partial charge on any atom is -0.545 e. The summed E-state index contributed by atoms with van der Waals surface area (Å²) in [5.74, 6) is -1.15. The van der Waals surface area contributed by atoms with Crippen LogP contribution in [0.4, 0.5) is 0 Å². The lowest BCUT2D eigenvalue weighted by Gasteiger charge is -2.05. The van der Waals surface area contributed by atoms with Crippen LogP contribution >= 0.6 is 11.6 Å². The topological polar surface area (TPSA) is 62.2 Å². The van der Waals surface area contributed by atoms with Gasteiger partial charge >= 0.3 is 0 Å². The van der Waals surface area contributed by atoms with Crippen LogP contribution in [-0.4, -0.2) is 18.1 Å². The Morgan fingerprint density at radius 3 is 2.92 bits per heavy atom. The van der Waals surface area contributed by atoms with E-state index in [-0.39, 0.29) is 16.5 Å². The zero-order chi connectivity index (χ0) is 9.14. The fourth-order valence-corrected chi connectivity index (χ4v) is 0.868. The molecular formula is C7H5ClNO3-. The van der Waals surface area contributed by atoms with E-state index in [9.17, 15) is 9.90 Å². The minimum absolute atomic E-state index is 0.0378. The van der Waals surface area contributed by atoms with Crippen molar-refractivity contribution in [1.82, 2.24) is 4.98 Å². The van der Waals surface area contributed by atoms with Crippen molar-refractivity contribution in [3.63, 3.8) is 0 Å². The highest BCUT2D eigenvalue weighted by molar-refractivity contribution is 6.33. The summed E-state index contributed by atoms with van der Waals surface area (Å²) in [7, 11) is 1.38. The van der Waals surface area contributed by atoms with Gasteiger partial charge < -0.3 is 14.6 Å². The molecule has 0 aliphatic carbocycles. The summed E-state index contributed by atoms with van der Waals surface area (Å²) < 4.78 is 4.70. The number of carbonyl (C=O) groups excluding carboxylic acids is 1. The van der Waals surface area contributed by atoms with Crippen molar-refractivity contribution in [1.29, 1.82) is 0 Å². The smallest absolute Gasteiger partial charge is 0.213 e. The standard InChI is InChI=1S/C7H6ClNO3/c1-12-6-2-4(7(10)11)5(8)3-9-6/h2-3H,1H3,(H,10,11)/p-1. The van der Waals surface area contributed by atoms with Gasteiger partial charge in [-0.3, -0.25) is 0 Å². The lowest BCUT2D eigenvalue weighted by Crippen LogP contribution is -2.22. The number of ether oxygens (including phenoxy) is 1. The van der Waals surface area contributed by atoms with Crippen molar-refractivity contribution in [3.8, 4) is 5.88 Å². The second-order valence-electron chi connectivity index (χ2n) is 1.99. The van der Waals surface area contributed by atoms with E-state index in [1.165, 1.54) is 19.4 Å². The van der Waals surface area contributed by atoms with Gasteiger partial charge in [-0.05, 0) is 0 Å². The first-order valence-corrected chi connectivity index (χ1v) is 3.44. The van der Waals surface area contributed by atoms with Crippen molar-refractivity contribution in [2.75, 3.05) is 7.11 Å². The van der Waals surface area contributed by atoms with E-state index in [0.717, 1.165) is 0 Å². The number of halogens is 1. The lowest BCUT2D eigenvalue weighted by molar-refractivity contribution is -0.255. The number of carboxylic acid groups (broad SMARTS) is 1. The number of hydrogen-bond acceptors (Lipinski definition) is 4. The van der Waals surface area contributed by atoms with Gasteiger partial charge in [-0.2, -0.15) is 0 Å². The van der Waals surface area contributed by atoms with Crippen molar-refractivity contribution in [2.24, 2.45) is 0 Å². The zero-order valence-corrected chi connectivity index (χ0v) is 6.96. The van der Waals surface area contributed by atoms with Crippen LogP contribution in [0.25, 0.3) is 0 Å². The van der Waals surface area contributed by atoms with Crippen LogP contribution < -0.4 is 9.84 Å². The third-order valence-corrected chi connectivity index (χ3v) is 1.56. The van der Waals surface area contributed by atoms with Gasteiger partial charge in [0.15, 0.2) is 0 Å². The van der Waals surface area contributed by atoms with Crippen molar-refractivity contribution in [3.05, 3.63) is 22.8 Å². The molecule has 12 heavy (non-hydrogen) atoms. The highest BCUT2D eigenvalue weighted by atomic mass is 35.5. The van der Waals surface area contributed by atoms with Gasteiger partial charge in [0.2, 0.25) is 5.88 Å². The van der Waals surface area contributed by atoms with Gasteiger partial charge in [-0.25, -0.2) is 4.98 Å². The summed E-state index contributed by atoms with van der Waals surface area (Å²) in [6.07, 6.45) is 1.20. The molecule has 0 fully saturated rings. The summed E-state index contributed by atoms with van der Waals surface area (Å²) in [4.78, 5) is 14.1. The highest BCUT2D eigenvalue weighted by Crippen LogP contribution is 2.17. The van der Waals surface area contributed by atoms with Crippen LogP contribution in [-0.2, 0) is 0 Å². The summed E-state index contributed by atoms with van der Waals surface area (Å²) >= 11 is 5.51. The molecule has 0 spiro atoms. The molecule has 0 aliphatic rings. The lowest BCUT2D eigenvalue weighted by atomic mass is 10.3. The third-order valence-electron chi connectivity index (χ3n) is 1.26. The van der Waals surface area contributed by atoms with Crippen LogP contribution in [0.3, 0.4) is 0 Å². The van der Waals surface area contributed by atoms with Crippen LogP contribution in [0.15, 0.2) is 12.3 Å². The van der Waals surface area contributed by atoms with Crippen molar-refractivity contribution < 1.29 is 14.6 Å². The molecule has 0 aromatic carbocycles. The number of hydrogen-bond donors (Lipinski definition) is 0. The molecule has 1 aromatic heterocycles. The van der Waals surface area contributed by atoms with Gasteiger partial charge in [0.1, 0.15) is 0 Å². The Morgan fingerprint density at radius 1 is 1.75 bits per heavy atom.